The Morgan fingerprint density at radius 1 is 1.05 bits per heavy atom. The van der Waals surface area contributed by atoms with E-state index in [2.05, 4.69) is 22.2 Å². The number of benzene rings is 1. The van der Waals surface area contributed by atoms with Crippen LogP contribution < -0.4 is 14.8 Å². The van der Waals surface area contributed by atoms with Gasteiger partial charge in [-0.3, -0.25) is 0 Å². The Morgan fingerprint density at radius 2 is 1.75 bits per heavy atom. The molecule has 2 rings (SSSR count). The second-order valence-electron chi connectivity index (χ2n) is 4.27. The molecule has 1 N–H and O–H groups in total. The van der Waals surface area contributed by atoms with Gasteiger partial charge in [-0.05, 0) is 24.7 Å². The lowest BCUT2D eigenvalue weighted by molar-refractivity contribution is 0.355. The summed E-state index contributed by atoms with van der Waals surface area (Å²) in [6.45, 7) is 3.78. The molecular weight excluding hydrogens is 254 g/mol. The van der Waals surface area contributed by atoms with Gasteiger partial charge in [0.15, 0.2) is 17.3 Å². The van der Waals surface area contributed by atoms with Crippen LogP contribution in [0.25, 0.3) is 11.4 Å². The van der Waals surface area contributed by atoms with Crippen LogP contribution >= 0.6 is 0 Å². The van der Waals surface area contributed by atoms with E-state index in [4.69, 9.17) is 9.47 Å². The number of nitrogens with zero attached hydrogens (tertiary/aromatic N) is 2. The van der Waals surface area contributed by atoms with Crippen molar-refractivity contribution in [2.45, 2.75) is 13.5 Å². The van der Waals surface area contributed by atoms with Crippen LogP contribution in [-0.4, -0.2) is 30.7 Å². The molecule has 2 aromatic rings. The fraction of sp³-hybridized carbons (Fsp3) is 0.333. The summed E-state index contributed by atoms with van der Waals surface area (Å²) >= 11 is 0. The largest absolute Gasteiger partial charge is 0.493 e. The minimum atomic E-state index is 0.672. The Labute approximate surface area is 119 Å². The van der Waals surface area contributed by atoms with Gasteiger partial charge in [-0.25, -0.2) is 9.97 Å². The van der Waals surface area contributed by atoms with Crippen LogP contribution in [0.4, 0.5) is 0 Å². The van der Waals surface area contributed by atoms with Crippen LogP contribution in [0.5, 0.6) is 11.5 Å². The van der Waals surface area contributed by atoms with Gasteiger partial charge in [0, 0.05) is 30.1 Å². The average Bonchev–Trinajstić information content (AvgIpc) is 2.52. The molecule has 1 heterocycles. The maximum absolute atomic E-state index is 5.28. The Balaban J connectivity index is 2.22. The molecule has 0 saturated heterocycles. The first-order valence-electron chi connectivity index (χ1n) is 6.52. The summed E-state index contributed by atoms with van der Waals surface area (Å²) in [4.78, 5) is 8.77. The molecule has 0 aliphatic rings. The zero-order valence-corrected chi connectivity index (χ0v) is 12.0. The average molecular weight is 273 g/mol. The smallest absolute Gasteiger partial charge is 0.161 e. The number of hydrogen-bond donors (Lipinski definition) is 1. The first-order chi connectivity index (χ1) is 9.78. The fourth-order valence-corrected chi connectivity index (χ4v) is 1.84. The van der Waals surface area contributed by atoms with Crippen molar-refractivity contribution < 1.29 is 9.47 Å². The van der Waals surface area contributed by atoms with Gasteiger partial charge in [-0.2, -0.15) is 0 Å². The SMILES string of the molecule is CCNCc1cnc(-c2ccc(OC)c(OC)c2)nc1. The van der Waals surface area contributed by atoms with Crippen LogP contribution in [0.15, 0.2) is 30.6 Å². The normalized spacial score (nSPS) is 10.3. The van der Waals surface area contributed by atoms with Crippen molar-refractivity contribution in [3.63, 3.8) is 0 Å². The number of aromatic nitrogens is 2. The number of hydrogen-bond acceptors (Lipinski definition) is 5. The van der Waals surface area contributed by atoms with Gasteiger partial charge in [0.25, 0.3) is 0 Å². The highest BCUT2D eigenvalue weighted by atomic mass is 16.5. The highest BCUT2D eigenvalue weighted by Crippen LogP contribution is 2.30. The van der Waals surface area contributed by atoms with E-state index in [1.165, 1.54) is 0 Å². The molecule has 0 saturated carbocycles. The third-order valence-electron chi connectivity index (χ3n) is 2.93. The van der Waals surface area contributed by atoms with E-state index < -0.39 is 0 Å². The van der Waals surface area contributed by atoms with Gasteiger partial charge in [-0.1, -0.05) is 6.92 Å². The highest BCUT2D eigenvalue weighted by Gasteiger charge is 2.08. The number of rotatable bonds is 6. The van der Waals surface area contributed by atoms with Crippen molar-refractivity contribution in [3.05, 3.63) is 36.2 Å². The predicted octanol–water partition coefficient (Wildman–Crippen LogP) is 2.27. The second-order valence-corrected chi connectivity index (χ2v) is 4.27. The number of nitrogens with one attached hydrogen (secondary N) is 1. The van der Waals surface area contributed by atoms with E-state index in [1.54, 1.807) is 14.2 Å². The summed E-state index contributed by atoms with van der Waals surface area (Å²) in [5.74, 6) is 2.04. The Kier molecular flexibility index (Phi) is 4.90. The Hall–Kier alpha value is -2.14. The number of ether oxygens (including phenoxy) is 2. The zero-order valence-electron chi connectivity index (χ0n) is 12.0. The second kappa shape index (κ2) is 6.86. The van der Waals surface area contributed by atoms with Crippen LogP contribution in [0.2, 0.25) is 0 Å². The highest BCUT2D eigenvalue weighted by molar-refractivity contribution is 5.60. The summed E-state index contributed by atoms with van der Waals surface area (Å²) in [6.07, 6.45) is 3.67. The molecule has 0 aliphatic carbocycles. The van der Waals surface area contributed by atoms with Crippen LogP contribution in [0, 0.1) is 0 Å². The van der Waals surface area contributed by atoms with Gasteiger partial charge < -0.3 is 14.8 Å². The molecule has 0 spiro atoms. The minimum Gasteiger partial charge on any atom is -0.493 e. The fourth-order valence-electron chi connectivity index (χ4n) is 1.84. The minimum absolute atomic E-state index is 0.672. The molecule has 0 amide bonds. The van der Waals surface area contributed by atoms with Crippen molar-refractivity contribution in [1.29, 1.82) is 0 Å². The first kappa shape index (κ1) is 14.3. The van der Waals surface area contributed by atoms with E-state index in [0.29, 0.717) is 17.3 Å². The molecule has 20 heavy (non-hydrogen) atoms. The Morgan fingerprint density at radius 3 is 2.35 bits per heavy atom. The third kappa shape index (κ3) is 3.24. The van der Waals surface area contributed by atoms with Crippen LogP contribution in [0.3, 0.4) is 0 Å². The molecule has 5 heteroatoms. The van der Waals surface area contributed by atoms with Crippen LogP contribution in [-0.2, 0) is 6.54 Å². The van der Waals surface area contributed by atoms with Crippen LogP contribution in [0.1, 0.15) is 12.5 Å². The molecule has 1 aromatic carbocycles. The molecule has 5 nitrogen and oxygen atoms in total. The van der Waals surface area contributed by atoms with Crippen molar-refractivity contribution in [3.8, 4) is 22.9 Å². The van der Waals surface area contributed by atoms with Gasteiger partial charge in [0.05, 0.1) is 14.2 Å². The molecule has 0 unspecified atom stereocenters. The molecule has 0 bridgehead atoms. The summed E-state index contributed by atoms with van der Waals surface area (Å²) in [6, 6.07) is 5.64. The molecule has 0 aliphatic heterocycles. The standard InChI is InChI=1S/C15H19N3O2/c1-4-16-8-11-9-17-15(18-10-11)12-5-6-13(19-2)14(7-12)20-3/h5-7,9-10,16H,4,8H2,1-3H3. The summed E-state index contributed by atoms with van der Waals surface area (Å²) in [5, 5.41) is 3.24. The van der Waals surface area contributed by atoms with E-state index in [9.17, 15) is 0 Å². The molecular formula is C15H19N3O2. The van der Waals surface area contributed by atoms with E-state index in [1.807, 2.05) is 30.6 Å². The summed E-state index contributed by atoms with van der Waals surface area (Å²) in [5.41, 5.74) is 1.97. The Bertz CT molecular complexity index is 556. The predicted molar refractivity (Wildman–Crippen MR) is 78.0 cm³/mol. The molecule has 0 radical (unpaired) electrons. The monoisotopic (exact) mass is 273 g/mol. The van der Waals surface area contributed by atoms with E-state index >= 15 is 0 Å². The van der Waals surface area contributed by atoms with Crippen molar-refractivity contribution >= 4 is 0 Å². The molecule has 106 valence electrons. The zero-order chi connectivity index (χ0) is 14.4. The van der Waals surface area contributed by atoms with Gasteiger partial charge in [0.1, 0.15) is 0 Å². The van der Waals surface area contributed by atoms with E-state index in [0.717, 1.165) is 24.2 Å². The van der Waals surface area contributed by atoms with Gasteiger partial charge in [-0.15, -0.1) is 0 Å². The molecule has 0 atom stereocenters. The third-order valence-corrected chi connectivity index (χ3v) is 2.93. The first-order valence-corrected chi connectivity index (χ1v) is 6.52. The van der Waals surface area contributed by atoms with Crippen molar-refractivity contribution in [1.82, 2.24) is 15.3 Å². The maximum atomic E-state index is 5.28. The van der Waals surface area contributed by atoms with Crippen molar-refractivity contribution in [2.24, 2.45) is 0 Å². The topological polar surface area (TPSA) is 56.3 Å². The van der Waals surface area contributed by atoms with Gasteiger partial charge >= 0.3 is 0 Å². The summed E-state index contributed by atoms with van der Waals surface area (Å²) < 4.78 is 10.5. The van der Waals surface area contributed by atoms with Crippen molar-refractivity contribution in [2.75, 3.05) is 20.8 Å². The quantitative estimate of drug-likeness (QED) is 0.875. The lowest BCUT2D eigenvalue weighted by Crippen LogP contribution is -2.12. The lowest BCUT2D eigenvalue weighted by atomic mass is 10.2. The lowest BCUT2D eigenvalue weighted by Gasteiger charge is -2.09. The van der Waals surface area contributed by atoms with Gasteiger partial charge in [0.2, 0.25) is 0 Å². The molecule has 1 aromatic heterocycles. The van der Waals surface area contributed by atoms with E-state index in [-0.39, 0.29) is 0 Å². The summed E-state index contributed by atoms with van der Waals surface area (Å²) in [7, 11) is 3.23. The molecule has 0 fully saturated rings. The maximum Gasteiger partial charge on any atom is 0.161 e. The number of methoxy groups -OCH3 is 2.